The van der Waals surface area contributed by atoms with Crippen molar-refractivity contribution in [2.75, 3.05) is 35.3 Å². The Morgan fingerprint density at radius 1 is 1.22 bits per heavy atom. The first-order chi connectivity index (χ1) is 15.4. The van der Waals surface area contributed by atoms with Gasteiger partial charge in [0.05, 0.1) is 12.3 Å². The molecule has 2 aromatic rings. The third-order valence-electron chi connectivity index (χ3n) is 6.22. The quantitative estimate of drug-likeness (QED) is 0.675. The first-order valence-electron chi connectivity index (χ1n) is 10.5. The standard InChI is InChI=1S/C21H22F3N5O3/c1-28-16(9-30)20(31)29-4-2-3-15-18(29)19(28)27-21(26-15)25-10-5-11(6-10)32-12-7-13(22)17(24)14(23)8-12/h7-8,10-11,16,30H,2-6,9H2,1H3,(H,25,26,27)/t10-,11-,16-/m0/s1. The van der Waals surface area contributed by atoms with Gasteiger partial charge in [-0.05, 0) is 12.8 Å². The van der Waals surface area contributed by atoms with Crippen LogP contribution in [0.4, 0.5) is 30.6 Å². The summed E-state index contributed by atoms with van der Waals surface area (Å²) < 4.78 is 45.3. The SMILES string of the molecule is CN1c2nc(N[C@H]3C[C@H](Oc4cc(F)c(F)c(F)c4)C3)nc3c2N(CCC3)C(=O)[C@@H]1CO. The smallest absolute Gasteiger partial charge is 0.252 e. The molecule has 1 fully saturated rings. The number of aliphatic hydroxyl groups is 1. The largest absolute Gasteiger partial charge is 0.490 e. The maximum atomic E-state index is 13.4. The lowest BCUT2D eigenvalue weighted by atomic mass is 9.89. The van der Waals surface area contributed by atoms with Crippen LogP contribution in [0.15, 0.2) is 12.1 Å². The van der Waals surface area contributed by atoms with Crippen LogP contribution >= 0.6 is 0 Å². The normalized spacial score (nSPS) is 24.2. The Labute approximate surface area is 182 Å². The Morgan fingerprint density at radius 2 is 1.94 bits per heavy atom. The average molecular weight is 449 g/mol. The maximum absolute atomic E-state index is 13.4. The summed E-state index contributed by atoms with van der Waals surface area (Å²) in [7, 11) is 1.73. The highest BCUT2D eigenvalue weighted by molar-refractivity contribution is 6.05. The third kappa shape index (κ3) is 3.40. The lowest BCUT2D eigenvalue weighted by Crippen LogP contribution is -2.55. The van der Waals surface area contributed by atoms with Crippen LogP contribution in [0.1, 0.15) is 25.0 Å². The van der Waals surface area contributed by atoms with E-state index in [9.17, 15) is 23.1 Å². The van der Waals surface area contributed by atoms with Crippen molar-refractivity contribution in [3.8, 4) is 5.75 Å². The molecule has 1 aromatic carbocycles. The number of aliphatic hydroxyl groups excluding tert-OH is 1. The van der Waals surface area contributed by atoms with E-state index in [-0.39, 0.29) is 30.4 Å². The van der Waals surface area contributed by atoms with Crippen LogP contribution in [-0.2, 0) is 11.2 Å². The van der Waals surface area contributed by atoms with E-state index in [1.165, 1.54) is 0 Å². The molecule has 170 valence electrons. The second kappa shape index (κ2) is 7.80. The van der Waals surface area contributed by atoms with E-state index in [2.05, 4.69) is 15.3 Å². The van der Waals surface area contributed by atoms with Gasteiger partial charge in [-0.25, -0.2) is 18.2 Å². The fourth-order valence-electron chi connectivity index (χ4n) is 4.43. The molecule has 1 saturated carbocycles. The van der Waals surface area contributed by atoms with Crippen LogP contribution in [0.2, 0.25) is 0 Å². The van der Waals surface area contributed by atoms with Gasteiger partial charge in [-0.3, -0.25) is 4.79 Å². The van der Waals surface area contributed by atoms with Crippen molar-refractivity contribution in [1.29, 1.82) is 0 Å². The molecular weight excluding hydrogens is 427 g/mol. The van der Waals surface area contributed by atoms with Crippen molar-refractivity contribution in [3.63, 3.8) is 0 Å². The van der Waals surface area contributed by atoms with E-state index in [1.54, 1.807) is 16.8 Å². The average Bonchev–Trinajstić information content (AvgIpc) is 2.74. The Hall–Kier alpha value is -3.08. The summed E-state index contributed by atoms with van der Waals surface area (Å²) in [5, 5.41) is 12.9. The number of benzene rings is 1. The molecule has 11 heteroatoms. The number of nitrogens with zero attached hydrogens (tertiary/aromatic N) is 4. The van der Waals surface area contributed by atoms with Crippen molar-refractivity contribution >= 4 is 23.4 Å². The third-order valence-corrected chi connectivity index (χ3v) is 6.22. The number of aromatic nitrogens is 2. The molecule has 0 unspecified atom stereocenters. The van der Waals surface area contributed by atoms with Crippen LogP contribution in [0, 0.1) is 17.5 Å². The summed E-state index contributed by atoms with van der Waals surface area (Å²) in [5.41, 5.74) is 1.49. The Kier molecular flexibility index (Phi) is 5.07. The minimum Gasteiger partial charge on any atom is -0.490 e. The second-order valence-corrected chi connectivity index (χ2v) is 8.32. The van der Waals surface area contributed by atoms with E-state index in [1.807, 2.05) is 0 Å². The number of rotatable bonds is 5. The minimum absolute atomic E-state index is 0.00995. The molecule has 1 aromatic heterocycles. The fourth-order valence-corrected chi connectivity index (χ4v) is 4.43. The van der Waals surface area contributed by atoms with Gasteiger partial charge in [0.1, 0.15) is 23.6 Å². The van der Waals surface area contributed by atoms with Crippen molar-refractivity contribution < 1.29 is 27.8 Å². The highest BCUT2D eigenvalue weighted by Crippen LogP contribution is 2.40. The van der Waals surface area contributed by atoms with Crippen molar-refractivity contribution in [1.82, 2.24) is 9.97 Å². The first-order valence-corrected chi connectivity index (χ1v) is 10.5. The molecule has 32 heavy (non-hydrogen) atoms. The van der Waals surface area contributed by atoms with Crippen molar-refractivity contribution in [3.05, 3.63) is 35.3 Å². The summed E-state index contributed by atoms with van der Waals surface area (Å²) in [4.78, 5) is 25.2. The number of aryl methyl sites for hydroxylation is 1. The van der Waals surface area contributed by atoms with Gasteiger partial charge in [0.2, 0.25) is 5.95 Å². The predicted molar refractivity (Wildman–Crippen MR) is 109 cm³/mol. The van der Waals surface area contributed by atoms with Gasteiger partial charge in [0, 0.05) is 44.6 Å². The number of anilines is 3. The Bertz CT molecular complexity index is 1060. The highest BCUT2D eigenvalue weighted by atomic mass is 19.2. The van der Waals surface area contributed by atoms with Gasteiger partial charge in [0.15, 0.2) is 23.3 Å². The summed E-state index contributed by atoms with van der Waals surface area (Å²) in [5.74, 6) is -3.29. The van der Waals surface area contributed by atoms with Gasteiger partial charge >= 0.3 is 0 Å². The number of halogens is 3. The topological polar surface area (TPSA) is 90.8 Å². The van der Waals surface area contributed by atoms with Crippen molar-refractivity contribution in [2.24, 2.45) is 0 Å². The van der Waals surface area contributed by atoms with Crippen LogP contribution in [0.3, 0.4) is 0 Å². The number of nitrogens with one attached hydrogen (secondary N) is 1. The van der Waals surface area contributed by atoms with E-state index >= 15 is 0 Å². The molecule has 0 saturated heterocycles. The lowest BCUT2D eigenvalue weighted by Gasteiger charge is -2.42. The van der Waals surface area contributed by atoms with E-state index < -0.39 is 23.5 Å². The van der Waals surface area contributed by atoms with Gasteiger partial charge < -0.3 is 25.0 Å². The maximum Gasteiger partial charge on any atom is 0.252 e. The van der Waals surface area contributed by atoms with Crippen LogP contribution < -0.4 is 19.9 Å². The molecule has 3 aliphatic rings. The number of hydrogen-bond donors (Lipinski definition) is 2. The molecule has 0 bridgehead atoms. The molecule has 2 aliphatic heterocycles. The monoisotopic (exact) mass is 449 g/mol. The van der Waals surface area contributed by atoms with E-state index in [0.717, 1.165) is 30.7 Å². The first kappa shape index (κ1) is 20.8. The number of likely N-dealkylation sites (N-methyl/N-ethyl adjacent to an activating group) is 1. The number of carbonyl (C=O) groups is 1. The molecule has 3 heterocycles. The molecule has 2 N–H and O–H groups in total. The van der Waals surface area contributed by atoms with Gasteiger partial charge in [-0.2, -0.15) is 4.98 Å². The molecule has 0 radical (unpaired) electrons. The molecule has 0 spiro atoms. The summed E-state index contributed by atoms with van der Waals surface area (Å²) >= 11 is 0. The summed E-state index contributed by atoms with van der Waals surface area (Å²) in [6.07, 6.45) is 2.33. The second-order valence-electron chi connectivity index (χ2n) is 8.32. The highest BCUT2D eigenvalue weighted by Gasteiger charge is 2.41. The number of ether oxygens (including phenoxy) is 1. The van der Waals surface area contributed by atoms with Crippen molar-refractivity contribution in [2.45, 2.75) is 43.9 Å². The van der Waals surface area contributed by atoms with Gasteiger partial charge in [-0.15, -0.1) is 0 Å². The zero-order valence-corrected chi connectivity index (χ0v) is 17.3. The van der Waals surface area contributed by atoms with Crippen LogP contribution in [0.5, 0.6) is 5.75 Å². The zero-order valence-electron chi connectivity index (χ0n) is 17.3. The zero-order chi connectivity index (χ0) is 22.6. The van der Waals surface area contributed by atoms with E-state index in [0.29, 0.717) is 36.8 Å². The number of hydrogen-bond acceptors (Lipinski definition) is 7. The number of amides is 1. The molecule has 1 atom stereocenters. The molecule has 1 amide bonds. The number of carbonyl (C=O) groups excluding carboxylic acids is 1. The van der Waals surface area contributed by atoms with Gasteiger partial charge in [-0.1, -0.05) is 0 Å². The fraction of sp³-hybridized carbons (Fsp3) is 0.476. The minimum atomic E-state index is -1.52. The Balaban J connectivity index is 1.29. The molecular formula is C21H22F3N5O3. The summed E-state index contributed by atoms with van der Waals surface area (Å²) in [6.45, 7) is 0.269. The Morgan fingerprint density at radius 3 is 2.62 bits per heavy atom. The predicted octanol–water partition coefficient (Wildman–Crippen LogP) is 2.01. The summed E-state index contributed by atoms with van der Waals surface area (Å²) in [6, 6.07) is 0.965. The van der Waals surface area contributed by atoms with Crippen LogP contribution in [0.25, 0.3) is 0 Å². The molecule has 5 rings (SSSR count). The molecule has 1 aliphatic carbocycles. The van der Waals surface area contributed by atoms with Crippen LogP contribution in [-0.4, -0.2) is 59.4 Å². The molecule has 8 nitrogen and oxygen atoms in total. The van der Waals surface area contributed by atoms with Gasteiger partial charge in [0.25, 0.3) is 5.91 Å². The van der Waals surface area contributed by atoms with E-state index in [4.69, 9.17) is 4.74 Å². The lowest BCUT2D eigenvalue weighted by molar-refractivity contribution is -0.121.